The largest absolute Gasteiger partial charge is 0.348 e. The number of alkyl halides is 2. The van der Waals surface area contributed by atoms with Gasteiger partial charge in [-0.2, -0.15) is 0 Å². The van der Waals surface area contributed by atoms with E-state index in [1.54, 1.807) is 23.2 Å². The van der Waals surface area contributed by atoms with Gasteiger partial charge in [-0.1, -0.05) is 0 Å². The van der Waals surface area contributed by atoms with Gasteiger partial charge in [0, 0.05) is 32.1 Å². The van der Waals surface area contributed by atoms with Gasteiger partial charge < -0.3 is 9.88 Å². The second-order valence-electron chi connectivity index (χ2n) is 6.94. The molecule has 0 atom stereocenters. The Kier molecular flexibility index (Phi) is 3.20. The van der Waals surface area contributed by atoms with E-state index in [2.05, 4.69) is 20.3 Å². The third-order valence-electron chi connectivity index (χ3n) is 4.90. The molecular weight excluding hydrogens is 316 g/mol. The van der Waals surface area contributed by atoms with Crippen molar-refractivity contribution in [2.75, 3.05) is 0 Å². The van der Waals surface area contributed by atoms with Crippen LogP contribution in [-0.2, 0) is 7.05 Å². The minimum atomic E-state index is -2.51. The quantitative estimate of drug-likeness (QED) is 0.934. The molecule has 0 saturated heterocycles. The van der Waals surface area contributed by atoms with Gasteiger partial charge in [-0.05, 0) is 24.3 Å². The molecule has 1 spiro atoms. The molecule has 2 aromatic rings. The number of nitrogens with one attached hydrogen (secondary N) is 1. The fraction of sp³-hybridized carbons (Fsp3) is 0.500. The Hall–Kier alpha value is -2.38. The molecule has 0 bridgehead atoms. The van der Waals surface area contributed by atoms with Gasteiger partial charge in [-0.3, -0.25) is 4.79 Å². The summed E-state index contributed by atoms with van der Waals surface area (Å²) in [6, 6.07) is 1.49. The Labute approximate surface area is 137 Å². The third kappa shape index (κ3) is 2.55. The summed E-state index contributed by atoms with van der Waals surface area (Å²) in [4.78, 5) is 24.8. The maximum Gasteiger partial charge on any atom is 0.270 e. The van der Waals surface area contributed by atoms with E-state index in [0.717, 1.165) is 0 Å². The lowest BCUT2D eigenvalue weighted by atomic mass is 9.52. The first-order valence-corrected chi connectivity index (χ1v) is 7.84. The molecule has 24 heavy (non-hydrogen) atoms. The van der Waals surface area contributed by atoms with Gasteiger partial charge >= 0.3 is 0 Å². The molecule has 1 N–H and O–H groups in total. The van der Waals surface area contributed by atoms with Crippen LogP contribution < -0.4 is 5.32 Å². The number of aryl methyl sites for hydroxylation is 1. The van der Waals surface area contributed by atoms with Crippen LogP contribution in [0.4, 0.5) is 8.78 Å². The van der Waals surface area contributed by atoms with E-state index >= 15 is 0 Å². The molecular formula is C16H17F2N5O. The SMILES string of the molecule is Cn1cncc1-c1nccc(C(=O)NC2CC3(C2)CC(F)(F)C3)n1. The average molecular weight is 333 g/mol. The lowest BCUT2D eigenvalue weighted by Gasteiger charge is -2.57. The van der Waals surface area contributed by atoms with Crippen molar-refractivity contribution < 1.29 is 13.6 Å². The highest BCUT2D eigenvalue weighted by molar-refractivity contribution is 5.92. The zero-order valence-corrected chi connectivity index (χ0v) is 13.2. The van der Waals surface area contributed by atoms with Crippen molar-refractivity contribution in [1.29, 1.82) is 0 Å². The fourth-order valence-electron chi connectivity index (χ4n) is 3.86. The molecule has 126 valence electrons. The molecule has 0 unspecified atom stereocenters. The van der Waals surface area contributed by atoms with E-state index in [1.165, 1.54) is 6.20 Å². The zero-order chi connectivity index (χ0) is 16.9. The predicted octanol–water partition coefficient (Wildman–Crippen LogP) is 2.18. The summed E-state index contributed by atoms with van der Waals surface area (Å²) in [6.07, 6.45) is 5.92. The Morgan fingerprint density at radius 1 is 1.38 bits per heavy atom. The maximum atomic E-state index is 13.0. The lowest BCUT2D eigenvalue weighted by Crippen LogP contribution is -2.59. The molecule has 6 nitrogen and oxygen atoms in total. The van der Waals surface area contributed by atoms with Crippen LogP contribution in [0.15, 0.2) is 24.8 Å². The van der Waals surface area contributed by atoms with Crippen LogP contribution in [0, 0.1) is 5.41 Å². The van der Waals surface area contributed by atoms with Gasteiger partial charge in [0.25, 0.3) is 5.91 Å². The van der Waals surface area contributed by atoms with Gasteiger partial charge in [-0.25, -0.2) is 23.7 Å². The molecule has 2 fully saturated rings. The summed E-state index contributed by atoms with van der Waals surface area (Å²) in [5.74, 6) is -2.39. The van der Waals surface area contributed by atoms with Crippen molar-refractivity contribution in [3.8, 4) is 11.5 Å². The summed E-state index contributed by atoms with van der Waals surface area (Å²) < 4.78 is 27.8. The average Bonchev–Trinajstić information content (AvgIpc) is 2.89. The maximum absolute atomic E-state index is 13.0. The number of halogens is 2. The molecule has 2 aliphatic rings. The molecule has 0 aromatic carbocycles. The normalized spacial score (nSPS) is 21.1. The minimum Gasteiger partial charge on any atom is -0.348 e. The fourth-order valence-corrected chi connectivity index (χ4v) is 3.86. The smallest absolute Gasteiger partial charge is 0.270 e. The predicted molar refractivity (Wildman–Crippen MR) is 81.3 cm³/mol. The Bertz CT molecular complexity index is 787. The monoisotopic (exact) mass is 333 g/mol. The Morgan fingerprint density at radius 2 is 2.12 bits per heavy atom. The van der Waals surface area contributed by atoms with E-state index in [0.29, 0.717) is 24.4 Å². The highest BCUT2D eigenvalue weighted by Crippen LogP contribution is 2.62. The highest BCUT2D eigenvalue weighted by atomic mass is 19.3. The second-order valence-corrected chi connectivity index (χ2v) is 6.94. The Balaban J connectivity index is 1.40. The summed E-state index contributed by atoms with van der Waals surface area (Å²) in [6.45, 7) is 0. The molecule has 2 saturated carbocycles. The van der Waals surface area contributed by atoms with Crippen LogP contribution in [0.1, 0.15) is 36.2 Å². The first-order chi connectivity index (χ1) is 11.4. The molecule has 2 aromatic heterocycles. The highest BCUT2D eigenvalue weighted by Gasteiger charge is 2.61. The summed E-state index contributed by atoms with van der Waals surface area (Å²) in [7, 11) is 1.82. The van der Waals surface area contributed by atoms with E-state index in [4.69, 9.17) is 0 Å². The molecule has 8 heteroatoms. The second kappa shape index (κ2) is 5.06. The molecule has 4 rings (SSSR count). The van der Waals surface area contributed by atoms with Crippen molar-refractivity contribution in [2.45, 2.75) is 37.6 Å². The van der Waals surface area contributed by atoms with Crippen molar-refractivity contribution in [2.24, 2.45) is 12.5 Å². The van der Waals surface area contributed by atoms with Gasteiger partial charge in [0.1, 0.15) is 11.4 Å². The number of nitrogens with zero attached hydrogens (tertiary/aromatic N) is 4. The number of amides is 1. The van der Waals surface area contributed by atoms with Crippen LogP contribution in [0.3, 0.4) is 0 Å². The van der Waals surface area contributed by atoms with Crippen molar-refractivity contribution >= 4 is 5.91 Å². The molecule has 2 aliphatic carbocycles. The third-order valence-corrected chi connectivity index (χ3v) is 4.90. The van der Waals surface area contributed by atoms with Gasteiger partial charge in [0.2, 0.25) is 5.92 Å². The number of hydrogen-bond donors (Lipinski definition) is 1. The van der Waals surface area contributed by atoms with Gasteiger partial charge in [0.05, 0.1) is 12.5 Å². The summed E-state index contributed by atoms with van der Waals surface area (Å²) in [5.41, 5.74) is 0.720. The van der Waals surface area contributed by atoms with E-state index in [-0.39, 0.29) is 35.9 Å². The van der Waals surface area contributed by atoms with Gasteiger partial charge in [0.15, 0.2) is 5.82 Å². The van der Waals surface area contributed by atoms with Crippen LogP contribution in [0.5, 0.6) is 0 Å². The first kappa shape index (κ1) is 15.2. The number of hydrogen-bond acceptors (Lipinski definition) is 4. The number of imidazole rings is 1. The van der Waals surface area contributed by atoms with Gasteiger partial charge in [-0.15, -0.1) is 0 Å². The number of aromatic nitrogens is 4. The van der Waals surface area contributed by atoms with Crippen molar-refractivity contribution in [1.82, 2.24) is 24.8 Å². The lowest BCUT2D eigenvalue weighted by molar-refractivity contribution is -0.197. The van der Waals surface area contributed by atoms with Crippen molar-refractivity contribution in [3.05, 3.63) is 30.5 Å². The number of carbonyl (C=O) groups is 1. The van der Waals surface area contributed by atoms with Crippen LogP contribution in [0.25, 0.3) is 11.5 Å². The summed E-state index contributed by atoms with van der Waals surface area (Å²) >= 11 is 0. The van der Waals surface area contributed by atoms with Crippen molar-refractivity contribution in [3.63, 3.8) is 0 Å². The first-order valence-electron chi connectivity index (χ1n) is 7.84. The molecule has 1 amide bonds. The van der Waals surface area contributed by atoms with Crippen LogP contribution in [0.2, 0.25) is 0 Å². The molecule has 0 aliphatic heterocycles. The molecule has 2 heterocycles. The number of rotatable bonds is 3. The molecule has 0 radical (unpaired) electrons. The minimum absolute atomic E-state index is 0.0511. The van der Waals surface area contributed by atoms with Crippen LogP contribution in [-0.4, -0.2) is 37.4 Å². The summed E-state index contributed by atoms with van der Waals surface area (Å²) in [5, 5.41) is 2.87. The topological polar surface area (TPSA) is 72.7 Å². The van der Waals surface area contributed by atoms with E-state index < -0.39 is 5.92 Å². The van der Waals surface area contributed by atoms with E-state index in [1.807, 2.05) is 7.05 Å². The zero-order valence-electron chi connectivity index (χ0n) is 13.2. The van der Waals surface area contributed by atoms with E-state index in [9.17, 15) is 13.6 Å². The number of carbonyl (C=O) groups excluding carboxylic acids is 1. The standard InChI is InChI=1S/C16H17F2N5O/c1-23-9-19-6-12(23)13-20-3-2-11(22-13)14(24)21-10-4-15(5-10)7-16(17,18)8-15/h2-3,6,9-10H,4-5,7-8H2,1H3,(H,21,24). The Morgan fingerprint density at radius 3 is 2.75 bits per heavy atom. The van der Waals surface area contributed by atoms with Crippen LogP contribution >= 0.6 is 0 Å².